The van der Waals surface area contributed by atoms with Crippen molar-refractivity contribution in [1.29, 1.82) is 0 Å². The van der Waals surface area contributed by atoms with Gasteiger partial charge in [0, 0.05) is 6.07 Å². The largest absolute Gasteiger partial charge is 0.480 e. The summed E-state index contributed by atoms with van der Waals surface area (Å²) in [4.78, 5) is 10.7. The number of halogens is 3. The van der Waals surface area contributed by atoms with Crippen LogP contribution in [0.2, 0.25) is 0 Å². The molecule has 0 amide bonds. The number of carbonyl (C=O) groups is 1. The maximum Gasteiger partial charge on any atom is 0.320 e. The van der Waals surface area contributed by atoms with Crippen LogP contribution in [0, 0.1) is 17.5 Å². The Bertz CT molecular complexity index is 423. The van der Waals surface area contributed by atoms with E-state index in [1.54, 1.807) is 0 Å². The molecule has 3 nitrogen and oxygen atoms in total. The average molecular weight is 247 g/mol. The number of carboxylic acids is 1. The lowest BCUT2D eigenvalue weighted by Gasteiger charge is -2.11. The Morgan fingerprint density at radius 1 is 1.29 bits per heavy atom. The van der Waals surface area contributed by atoms with Crippen LogP contribution in [0.5, 0.6) is 0 Å². The zero-order chi connectivity index (χ0) is 13.0. The highest BCUT2D eigenvalue weighted by Gasteiger charge is 2.16. The van der Waals surface area contributed by atoms with Crippen LogP contribution in [0.25, 0.3) is 0 Å². The van der Waals surface area contributed by atoms with Gasteiger partial charge in [-0.2, -0.15) is 0 Å². The Kier molecular flexibility index (Phi) is 4.51. The lowest BCUT2D eigenvalue weighted by Crippen LogP contribution is -2.34. The number of nitrogens with one attached hydrogen (secondary N) is 1. The summed E-state index contributed by atoms with van der Waals surface area (Å²) in [6.45, 7) is 0. The fraction of sp³-hybridized carbons (Fsp3) is 0.364. The van der Waals surface area contributed by atoms with Crippen LogP contribution in [0.3, 0.4) is 0 Å². The van der Waals surface area contributed by atoms with E-state index in [1.807, 2.05) is 0 Å². The van der Waals surface area contributed by atoms with Crippen molar-refractivity contribution in [1.82, 2.24) is 5.32 Å². The quantitative estimate of drug-likeness (QED) is 0.779. The fourth-order valence-electron chi connectivity index (χ4n) is 1.45. The van der Waals surface area contributed by atoms with Gasteiger partial charge in [0.1, 0.15) is 11.9 Å². The van der Waals surface area contributed by atoms with Crippen molar-refractivity contribution in [2.24, 2.45) is 0 Å². The predicted octanol–water partition coefficient (Wildman–Crippen LogP) is 1.71. The number of hydrogen-bond donors (Lipinski definition) is 2. The molecule has 94 valence electrons. The number of likely N-dealkylation sites (N-methyl/N-ethyl adjacent to an activating group) is 1. The lowest BCUT2D eigenvalue weighted by molar-refractivity contribution is -0.139. The highest BCUT2D eigenvalue weighted by Crippen LogP contribution is 2.15. The third-order valence-corrected chi connectivity index (χ3v) is 2.44. The van der Waals surface area contributed by atoms with Crippen LogP contribution < -0.4 is 5.32 Å². The number of aliphatic carboxylic acids is 1. The molecule has 1 atom stereocenters. The van der Waals surface area contributed by atoms with Gasteiger partial charge >= 0.3 is 5.97 Å². The van der Waals surface area contributed by atoms with E-state index in [1.165, 1.54) is 7.05 Å². The van der Waals surface area contributed by atoms with Crippen molar-refractivity contribution < 1.29 is 23.1 Å². The Balaban J connectivity index is 2.75. The number of benzene rings is 1. The zero-order valence-corrected chi connectivity index (χ0v) is 9.14. The number of carboxylic acid groups (broad SMARTS) is 1. The van der Waals surface area contributed by atoms with E-state index in [2.05, 4.69) is 5.32 Å². The number of hydrogen-bond acceptors (Lipinski definition) is 2. The van der Waals surface area contributed by atoms with Gasteiger partial charge in [0.15, 0.2) is 11.6 Å². The maximum absolute atomic E-state index is 13.2. The summed E-state index contributed by atoms with van der Waals surface area (Å²) in [7, 11) is 1.46. The fourth-order valence-corrected chi connectivity index (χ4v) is 1.45. The Morgan fingerprint density at radius 2 is 1.88 bits per heavy atom. The highest BCUT2D eigenvalue weighted by atomic mass is 19.2. The van der Waals surface area contributed by atoms with Crippen LogP contribution in [-0.4, -0.2) is 24.2 Å². The van der Waals surface area contributed by atoms with E-state index < -0.39 is 29.5 Å². The molecular formula is C11H12F3NO2. The monoisotopic (exact) mass is 247 g/mol. The molecule has 0 aliphatic heterocycles. The van der Waals surface area contributed by atoms with Crippen LogP contribution in [0.15, 0.2) is 12.1 Å². The van der Waals surface area contributed by atoms with Gasteiger partial charge in [-0.1, -0.05) is 0 Å². The van der Waals surface area contributed by atoms with E-state index >= 15 is 0 Å². The SMILES string of the molecule is CNC(CCc1cc(F)c(F)cc1F)C(=O)O. The van der Waals surface area contributed by atoms with Crippen molar-refractivity contribution in [3.8, 4) is 0 Å². The molecule has 1 aromatic rings. The van der Waals surface area contributed by atoms with Gasteiger partial charge < -0.3 is 10.4 Å². The second-order valence-electron chi connectivity index (χ2n) is 3.58. The van der Waals surface area contributed by atoms with Crippen LogP contribution >= 0.6 is 0 Å². The van der Waals surface area contributed by atoms with Gasteiger partial charge in [0.2, 0.25) is 0 Å². The van der Waals surface area contributed by atoms with E-state index in [9.17, 15) is 18.0 Å². The molecule has 0 aliphatic carbocycles. The minimum Gasteiger partial charge on any atom is -0.480 e. The summed E-state index contributed by atoms with van der Waals surface area (Å²) in [6, 6.07) is 0.362. The molecule has 1 unspecified atom stereocenters. The van der Waals surface area contributed by atoms with Crippen molar-refractivity contribution >= 4 is 5.97 Å². The molecule has 6 heteroatoms. The first-order valence-corrected chi connectivity index (χ1v) is 4.99. The number of rotatable bonds is 5. The molecule has 2 N–H and O–H groups in total. The first-order valence-electron chi connectivity index (χ1n) is 4.99. The minimum atomic E-state index is -1.25. The third-order valence-electron chi connectivity index (χ3n) is 2.44. The van der Waals surface area contributed by atoms with Crippen molar-refractivity contribution in [2.75, 3.05) is 7.05 Å². The van der Waals surface area contributed by atoms with Crippen LogP contribution in [0.1, 0.15) is 12.0 Å². The van der Waals surface area contributed by atoms with Gasteiger partial charge in [-0.15, -0.1) is 0 Å². The standard InChI is InChI=1S/C11H12F3NO2/c1-15-10(11(16)17)3-2-6-4-8(13)9(14)5-7(6)12/h4-5,10,15H,2-3H2,1H3,(H,16,17). The molecule has 0 saturated heterocycles. The van der Waals surface area contributed by atoms with Gasteiger partial charge in [-0.25, -0.2) is 13.2 Å². The molecule has 17 heavy (non-hydrogen) atoms. The summed E-state index contributed by atoms with van der Waals surface area (Å²) in [5, 5.41) is 11.3. The molecule has 0 spiro atoms. The topological polar surface area (TPSA) is 49.3 Å². The summed E-state index contributed by atoms with van der Waals surface area (Å²) in [6.07, 6.45) is 0.106. The molecule has 0 saturated carbocycles. The first-order chi connectivity index (χ1) is 7.95. The second-order valence-corrected chi connectivity index (χ2v) is 3.58. The van der Waals surface area contributed by atoms with E-state index in [0.717, 1.165) is 6.07 Å². The Hall–Kier alpha value is -1.56. The second kappa shape index (κ2) is 5.67. The van der Waals surface area contributed by atoms with E-state index in [-0.39, 0.29) is 18.4 Å². The molecule has 0 bridgehead atoms. The van der Waals surface area contributed by atoms with Crippen LogP contribution in [0.4, 0.5) is 13.2 Å². The Morgan fingerprint density at radius 3 is 2.41 bits per heavy atom. The average Bonchev–Trinajstić information content (AvgIpc) is 2.25. The van der Waals surface area contributed by atoms with Crippen molar-refractivity contribution in [3.63, 3.8) is 0 Å². The molecule has 1 aromatic carbocycles. The normalized spacial score (nSPS) is 12.5. The van der Waals surface area contributed by atoms with Crippen molar-refractivity contribution in [2.45, 2.75) is 18.9 Å². The molecule has 1 rings (SSSR count). The summed E-state index contributed by atoms with van der Waals surface area (Å²) < 4.78 is 38.7. The molecule has 0 aliphatic rings. The number of aryl methyl sites for hydroxylation is 1. The Labute approximate surface area is 96.3 Å². The molecule has 0 radical (unpaired) electrons. The van der Waals surface area contributed by atoms with E-state index in [4.69, 9.17) is 5.11 Å². The molecular weight excluding hydrogens is 235 g/mol. The molecule has 0 aromatic heterocycles. The predicted molar refractivity (Wildman–Crippen MR) is 55.1 cm³/mol. The summed E-state index contributed by atoms with van der Waals surface area (Å²) in [5.41, 5.74) is -0.0367. The van der Waals surface area contributed by atoms with Gasteiger partial charge in [-0.05, 0) is 31.5 Å². The maximum atomic E-state index is 13.2. The van der Waals surface area contributed by atoms with Crippen LogP contribution in [-0.2, 0) is 11.2 Å². The zero-order valence-electron chi connectivity index (χ0n) is 9.14. The van der Waals surface area contributed by atoms with Crippen molar-refractivity contribution in [3.05, 3.63) is 35.1 Å². The van der Waals surface area contributed by atoms with Gasteiger partial charge in [-0.3, -0.25) is 4.79 Å². The van der Waals surface area contributed by atoms with Gasteiger partial charge in [0.05, 0.1) is 0 Å². The molecule has 0 fully saturated rings. The third kappa shape index (κ3) is 3.45. The lowest BCUT2D eigenvalue weighted by atomic mass is 10.0. The van der Waals surface area contributed by atoms with Gasteiger partial charge in [0.25, 0.3) is 0 Å². The summed E-state index contributed by atoms with van der Waals surface area (Å²) >= 11 is 0. The highest BCUT2D eigenvalue weighted by molar-refractivity contribution is 5.73. The smallest absolute Gasteiger partial charge is 0.320 e. The molecule has 0 heterocycles. The first kappa shape index (κ1) is 13.5. The van der Waals surface area contributed by atoms with E-state index in [0.29, 0.717) is 6.07 Å². The minimum absolute atomic E-state index is 0.0147. The summed E-state index contributed by atoms with van der Waals surface area (Å²) in [5.74, 6) is -4.34.